The SMILES string of the molecule is CCNC(=NCC(C1CC1)N(C)C)N1CCC(COCc2ccccc2)C1.I. The smallest absolute Gasteiger partial charge is 0.193 e. The average molecular weight is 500 g/mol. The summed E-state index contributed by atoms with van der Waals surface area (Å²) in [4.78, 5) is 9.75. The fraction of sp³-hybridized carbons (Fsp3) is 0.682. The molecule has 1 aliphatic carbocycles. The highest BCUT2D eigenvalue weighted by molar-refractivity contribution is 14.0. The van der Waals surface area contributed by atoms with Crippen LogP contribution in [0.3, 0.4) is 0 Å². The molecular formula is C22H37IN4O. The van der Waals surface area contributed by atoms with Crippen molar-refractivity contribution >= 4 is 29.9 Å². The van der Waals surface area contributed by atoms with Crippen LogP contribution in [0, 0.1) is 11.8 Å². The Bertz CT molecular complexity index is 589. The van der Waals surface area contributed by atoms with E-state index in [1.807, 2.05) is 6.07 Å². The predicted octanol–water partition coefficient (Wildman–Crippen LogP) is 3.45. The van der Waals surface area contributed by atoms with Crippen LogP contribution in [0.2, 0.25) is 0 Å². The van der Waals surface area contributed by atoms with Crippen molar-refractivity contribution in [3.8, 4) is 0 Å². The van der Waals surface area contributed by atoms with Crippen LogP contribution in [-0.4, -0.2) is 68.7 Å². The summed E-state index contributed by atoms with van der Waals surface area (Å²) in [5.41, 5.74) is 1.25. The van der Waals surface area contributed by atoms with E-state index in [0.717, 1.165) is 44.7 Å². The second-order valence-electron chi connectivity index (χ2n) is 8.16. The van der Waals surface area contributed by atoms with Gasteiger partial charge < -0.3 is 19.9 Å². The summed E-state index contributed by atoms with van der Waals surface area (Å²) < 4.78 is 5.97. The number of guanidine groups is 1. The maximum atomic E-state index is 5.97. The second kappa shape index (κ2) is 12.0. The van der Waals surface area contributed by atoms with E-state index in [1.165, 1.54) is 24.8 Å². The third-order valence-electron chi connectivity index (χ3n) is 5.64. The standard InChI is InChI=1S/C22H36N4O.HI/c1-4-23-22(24-14-21(25(2)3)20-10-11-20)26-13-12-19(15-26)17-27-16-18-8-6-5-7-9-18;/h5-9,19-21H,4,10-17H2,1-3H3,(H,23,24);1H. The molecular weight excluding hydrogens is 463 g/mol. The van der Waals surface area contributed by atoms with Crippen molar-refractivity contribution in [2.45, 2.75) is 38.8 Å². The van der Waals surface area contributed by atoms with Gasteiger partial charge in [0.25, 0.3) is 0 Å². The number of rotatable bonds is 9. The van der Waals surface area contributed by atoms with E-state index in [1.54, 1.807) is 0 Å². The number of likely N-dealkylation sites (tertiary alicyclic amines) is 1. The lowest BCUT2D eigenvalue weighted by atomic mass is 10.1. The summed E-state index contributed by atoms with van der Waals surface area (Å²) in [6.07, 6.45) is 3.90. The molecule has 1 saturated heterocycles. The van der Waals surface area contributed by atoms with Crippen LogP contribution in [0.25, 0.3) is 0 Å². The molecule has 0 amide bonds. The van der Waals surface area contributed by atoms with Crippen molar-refractivity contribution in [3.05, 3.63) is 35.9 Å². The Labute approximate surface area is 187 Å². The number of hydrogen-bond acceptors (Lipinski definition) is 3. The monoisotopic (exact) mass is 500 g/mol. The number of nitrogens with one attached hydrogen (secondary N) is 1. The Morgan fingerprint density at radius 2 is 2.00 bits per heavy atom. The molecule has 1 heterocycles. The number of likely N-dealkylation sites (N-methyl/N-ethyl adjacent to an activating group) is 1. The van der Waals surface area contributed by atoms with E-state index in [2.05, 4.69) is 60.4 Å². The van der Waals surface area contributed by atoms with Gasteiger partial charge in [-0.25, -0.2) is 0 Å². The van der Waals surface area contributed by atoms with Gasteiger partial charge in [0, 0.05) is 31.6 Å². The molecule has 158 valence electrons. The van der Waals surface area contributed by atoms with Crippen molar-refractivity contribution in [2.24, 2.45) is 16.8 Å². The van der Waals surface area contributed by atoms with Crippen molar-refractivity contribution in [1.82, 2.24) is 15.1 Å². The fourth-order valence-electron chi connectivity index (χ4n) is 3.90. The zero-order valence-corrected chi connectivity index (χ0v) is 20.0. The lowest BCUT2D eigenvalue weighted by Gasteiger charge is -2.25. The Kier molecular flexibility index (Phi) is 10.0. The Morgan fingerprint density at radius 1 is 1.25 bits per heavy atom. The molecule has 0 aromatic heterocycles. The molecule has 6 heteroatoms. The van der Waals surface area contributed by atoms with Crippen LogP contribution < -0.4 is 5.32 Å². The van der Waals surface area contributed by atoms with Crippen LogP contribution in [0.5, 0.6) is 0 Å². The van der Waals surface area contributed by atoms with Crippen LogP contribution in [-0.2, 0) is 11.3 Å². The van der Waals surface area contributed by atoms with E-state index >= 15 is 0 Å². The predicted molar refractivity (Wildman–Crippen MR) is 127 cm³/mol. The Hall–Kier alpha value is -0.860. The third-order valence-corrected chi connectivity index (χ3v) is 5.64. The lowest BCUT2D eigenvalue weighted by Crippen LogP contribution is -2.42. The van der Waals surface area contributed by atoms with Gasteiger partial charge in [-0.15, -0.1) is 24.0 Å². The van der Waals surface area contributed by atoms with Gasteiger partial charge in [-0.2, -0.15) is 0 Å². The van der Waals surface area contributed by atoms with Gasteiger partial charge in [0.15, 0.2) is 5.96 Å². The maximum Gasteiger partial charge on any atom is 0.193 e. The molecule has 2 aliphatic rings. The van der Waals surface area contributed by atoms with Gasteiger partial charge in [0.2, 0.25) is 0 Å². The van der Waals surface area contributed by atoms with Gasteiger partial charge in [-0.1, -0.05) is 30.3 Å². The first-order valence-corrected chi connectivity index (χ1v) is 10.5. The summed E-state index contributed by atoms with van der Waals surface area (Å²) in [6, 6.07) is 11.0. The molecule has 28 heavy (non-hydrogen) atoms. The van der Waals surface area contributed by atoms with Gasteiger partial charge in [0.05, 0.1) is 19.8 Å². The van der Waals surface area contributed by atoms with E-state index < -0.39 is 0 Å². The molecule has 0 bridgehead atoms. The topological polar surface area (TPSA) is 40.1 Å². The summed E-state index contributed by atoms with van der Waals surface area (Å²) in [7, 11) is 4.36. The number of halogens is 1. The molecule has 1 N–H and O–H groups in total. The van der Waals surface area contributed by atoms with Crippen LogP contribution >= 0.6 is 24.0 Å². The molecule has 1 saturated carbocycles. The van der Waals surface area contributed by atoms with Gasteiger partial charge in [0.1, 0.15) is 0 Å². The minimum absolute atomic E-state index is 0. The highest BCUT2D eigenvalue weighted by Gasteiger charge is 2.33. The third kappa shape index (κ3) is 7.19. The van der Waals surface area contributed by atoms with Crippen LogP contribution in [0.1, 0.15) is 31.7 Å². The summed E-state index contributed by atoms with van der Waals surface area (Å²) in [5.74, 6) is 2.51. The van der Waals surface area contributed by atoms with Crippen LogP contribution in [0.15, 0.2) is 35.3 Å². The zero-order chi connectivity index (χ0) is 19.1. The minimum atomic E-state index is 0. The van der Waals surface area contributed by atoms with E-state index in [-0.39, 0.29) is 24.0 Å². The highest BCUT2D eigenvalue weighted by atomic mass is 127. The normalized spacial score (nSPS) is 20.9. The molecule has 0 radical (unpaired) electrons. The first-order valence-electron chi connectivity index (χ1n) is 10.5. The molecule has 1 aliphatic heterocycles. The molecule has 2 unspecified atom stereocenters. The number of aliphatic imine (C=N–C) groups is 1. The highest BCUT2D eigenvalue weighted by Crippen LogP contribution is 2.34. The Balaban J connectivity index is 0.00000280. The van der Waals surface area contributed by atoms with Crippen molar-refractivity contribution < 1.29 is 4.74 Å². The molecule has 1 aromatic rings. The first-order chi connectivity index (χ1) is 13.2. The van der Waals surface area contributed by atoms with Crippen molar-refractivity contribution in [1.29, 1.82) is 0 Å². The maximum absolute atomic E-state index is 5.97. The van der Waals surface area contributed by atoms with Gasteiger partial charge in [-0.3, -0.25) is 4.99 Å². The summed E-state index contributed by atoms with van der Waals surface area (Å²) in [6.45, 7) is 7.60. The zero-order valence-electron chi connectivity index (χ0n) is 17.6. The fourth-order valence-corrected chi connectivity index (χ4v) is 3.90. The number of hydrogen-bond donors (Lipinski definition) is 1. The molecule has 3 rings (SSSR count). The van der Waals surface area contributed by atoms with E-state index in [9.17, 15) is 0 Å². The molecule has 0 spiro atoms. The van der Waals surface area contributed by atoms with Crippen LogP contribution in [0.4, 0.5) is 0 Å². The molecule has 2 fully saturated rings. The van der Waals surface area contributed by atoms with E-state index in [0.29, 0.717) is 18.6 Å². The van der Waals surface area contributed by atoms with Crippen molar-refractivity contribution in [3.63, 3.8) is 0 Å². The average Bonchev–Trinajstić information content (AvgIpc) is 3.39. The number of ether oxygens (including phenoxy) is 1. The molecule has 1 aromatic carbocycles. The van der Waals surface area contributed by atoms with E-state index in [4.69, 9.17) is 9.73 Å². The summed E-state index contributed by atoms with van der Waals surface area (Å²) in [5, 5.41) is 3.50. The lowest BCUT2D eigenvalue weighted by molar-refractivity contribution is 0.0906. The quantitative estimate of drug-likeness (QED) is 0.321. The largest absolute Gasteiger partial charge is 0.376 e. The van der Waals surface area contributed by atoms with Gasteiger partial charge >= 0.3 is 0 Å². The summed E-state index contributed by atoms with van der Waals surface area (Å²) >= 11 is 0. The first kappa shape index (κ1) is 23.4. The van der Waals surface area contributed by atoms with Gasteiger partial charge in [-0.05, 0) is 51.8 Å². The second-order valence-corrected chi connectivity index (χ2v) is 8.16. The van der Waals surface area contributed by atoms with Crippen molar-refractivity contribution in [2.75, 3.05) is 46.9 Å². The number of nitrogens with zero attached hydrogens (tertiary/aromatic N) is 3. The molecule has 2 atom stereocenters. The molecule has 5 nitrogen and oxygen atoms in total. The minimum Gasteiger partial charge on any atom is -0.376 e. The number of benzene rings is 1. The Morgan fingerprint density at radius 3 is 2.64 bits per heavy atom.